The number of hydrogen-bond acceptors (Lipinski definition) is 5. The van der Waals surface area contributed by atoms with Crippen molar-refractivity contribution in [2.45, 2.75) is 32.6 Å². The topological polar surface area (TPSA) is 67.0 Å². The summed E-state index contributed by atoms with van der Waals surface area (Å²) in [6, 6.07) is 9.75. The molecule has 0 atom stereocenters. The monoisotopic (exact) mass is 311 g/mol. The van der Waals surface area contributed by atoms with Crippen molar-refractivity contribution in [1.29, 1.82) is 5.26 Å². The molecular formula is C17H21N5O. The number of anilines is 1. The molecule has 0 saturated carbocycles. The zero-order chi connectivity index (χ0) is 16.1. The van der Waals surface area contributed by atoms with E-state index in [1.54, 1.807) is 0 Å². The summed E-state index contributed by atoms with van der Waals surface area (Å²) < 4.78 is 5.45. The average Bonchev–Trinajstić information content (AvgIpc) is 2.83. The minimum Gasteiger partial charge on any atom is -0.494 e. The Bertz CT molecular complexity index is 678. The van der Waals surface area contributed by atoms with Gasteiger partial charge in [-0.1, -0.05) is 12.8 Å². The molecule has 2 heterocycles. The molecule has 0 amide bonds. The lowest BCUT2D eigenvalue weighted by atomic mass is 10.2. The quantitative estimate of drug-likeness (QED) is 0.868. The lowest BCUT2D eigenvalue weighted by Gasteiger charge is -2.18. The molecular weight excluding hydrogens is 290 g/mol. The van der Waals surface area contributed by atoms with Crippen molar-refractivity contribution in [3.63, 3.8) is 0 Å². The molecule has 0 spiro atoms. The number of benzene rings is 1. The number of aromatic nitrogens is 3. The molecule has 0 N–H and O–H groups in total. The molecule has 2 aromatic rings. The minimum atomic E-state index is 0.390. The van der Waals surface area contributed by atoms with Gasteiger partial charge in [0.05, 0.1) is 12.3 Å². The second kappa shape index (κ2) is 7.14. The highest BCUT2D eigenvalue weighted by Gasteiger charge is 2.19. The fourth-order valence-electron chi connectivity index (χ4n) is 2.82. The van der Waals surface area contributed by atoms with Crippen LogP contribution in [-0.4, -0.2) is 34.7 Å². The van der Waals surface area contributed by atoms with Crippen molar-refractivity contribution in [1.82, 2.24) is 15.0 Å². The van der Waals surface area contributed by atoms with Crippen LogP contribution < -0.4 is 9.64 Å². The summed E-state index contributed by atoms with van der Waals surface area (Å²) in [7, 11) is 0. The molecule has 6 nitrogen and oxygen atoms in total. The van der Waals surface area contributed by atoms with E-state index in [0.29, 0.717) is 18.1 Å². The van der Waals surface area contributed by atoms with Crippen LogP contribution in [0.25, 0.3) is 5.69 Å². The minimum absolute atomic E-state index is 0.390. The fraction of sp³-hybridized carbons (Fsp3) is 0.471. The van der Waals surface area contributed by atoms with Crippen LogP contribution >= 0.6 is 0 Å². The van der Waals surface area contributed by atoms with Crippen LogP contribution in [-0.2, 0) is 0 Å². The van der Waals surface area contributed by atoms with Crippen LogP contribution in [0.3, 0.4) is 0 Å². The van der Waals surface area contributed by atoms with Crippen molar-refractivity contribution in [2.75, 3.05) is 24.6 Å². The Hall–Kier alpha value is -2.55. The lowest BCUT2D eigenvalue weighted by Crippen LogP contribution is -2.25. The zero-order valence-corrected chi connectivity index (χ0v) is 13.4. The maximum absolute atomic E-state index is 9.38. The molecule has 0 bridgehead atoms. The summed E-state index contributed by atoms with van der Waals surface area (Å²) in [6.07, 6.45) is 4.76. The Morgan fingerprint density at radius 1 is 1.09 bits per heavy atom. The molecule has 1 saturated heterocycles. The molecule has 1 aliphatic heterocycles. The first-order chi connectivity index (χ1) is 11.3. The van der Waals surface area contributed by atoms with Gasteiger partial charge in [-0.05, 0) is 44.0 Å². The summed E-state index contributed by atoms with van der Waals surface area (Å²) >= 11 is 0. The Kier molecular flexibility index (Phi) is 4.77. The van der Waals surface area contributed by atoms with Crippen LogP contribution in [0.2, 0.25) is 0 Å². The van der Waals surface area contributed by atoms with E-state index in [1.165, 1.54) is 17.6 Å². The summed E-state index contributed by atoms with van der Waals surface area (Å²) in [5.74, 6) is 1.51. The van der Waals surface area contributed by atoms with Gasteiger partial charge in [-0.3, -0.25) is 0 Å². The number of rotatable bonds is 4. The van der Waals surface area contributed by atoms with E-state index in [1.807, 2.05) is 31.2 Å². The summed E-state index contributed by atoms with van der Waals surface area (Å²) in [6.45, 7) is 4.47. The second-order valence-corrected chi connectivity index (χ2v) is 5.60. The third kappa shape index (κ3) is 3.45. The van der Waals surface area contributed by atoms with Gasteiger partial charge in [-0.15, -0.1) is 15.0 Å². The number of ether oxygens (including phenoxy) is 1. The van der Waals surface area contributed by atoms with E-state index in [2.05, 4.69) is 21.2 Å². The van der Waals surface area contributed by atoms with Gasteiger partial charge < -0.3 is 9.64 Å². The van der Waals surface area contributed by atoms with Crippen LogP contribution in [0.15, 0.2) is 24.3 Å². The predicted octanol–water partition coefficient (Wildman–Crippen LogP) is 2.92. The van der Waals surface area contributed by atoms with Gasteiger partial charge in [0.1, 0.15) is 11.8 Å². The highest BCUT2D eigenvalue weighted by Crippen LogP contribution is 2.22. The third-order valence-electron chi connectivity index (χ3n) is 3.99. The van der Waals surface area contributed by atoms with Gasteiger partial charge in [0.15, 0.2) is 5.82 Å². The molecule has 0 unspecified atom stereocenters. The standard InChI is InChI=1S/C17H21N5O/c1-2-23-15-9-7-14(8-10-15)22-19-16(13-18)17(20-22)21-11-5-3-4-6-12-21/h7-10H,2-6,11-12H2,1H3. The van der Waals surface area contributed by atoms with Gasteiger partial charge in [-0.25, -0.2) is 0 Å². The SMILES string of the molecule is CCOc1ccc(-n2nc(C#N)c(N3CCCCCC3)n2)cc1. The van der Waals surface area contributed by atoms with Crippen LogP contribution in [0.4, 0.5) is 5.82 Å². The highest BCUT2D eigenvalue weighted by atomic mass is 16.5. The normalized spacial score (nSPS) is 15.0. The first-order valence-corrected chi connectivity index (χ1v) is 8.17. The van der Waals surface area contributed by atoms with Gasteiger partial charge in [0.2, 0.25) is 5.69 Å². The first-order valence-electron chi connectivity index (χ1n) is 8.17. The highest BCUT2D eigenvalue weighted by molar-refractivity contribution is 5.50. The van der Waals surface area contributed by atoms with Crippen molar-refractivity contribution in [2.24, 2.45) is 0 Å². The average molecular weight is 311 g/mol. The van der Waals surface area contributed by atoms with E-state index in [9.17, 15) is 5.26 Å². The van der Waals surface area contributed by atoms with Gasteiger partial charge >= 0.3 is 0 Å². The predicted molar refractivity (Wildman–Crippen MR) is 87.9 cm³/mol. The molecule has 0 radical (unpaired) electrons. The molecule has 0 aliphatic carbocycles. The Morgan fingerprint density at radius 2 is 1.78 bits per heavy atom. The van der Waals surface area contributed by atoms with E-state index in [4.69, 9.17) is 4.74 Å². The van der Waals surface area contributed by atoms with Crippen molar-refractivity contribution >= 4 is 5.82 Å². The zero-order valence-electron chi connectivity index (χ0n) is 13.4. The molecule has 1 fully saturated rings. The van der Waals surface area contributed by atoms with Crippen LogP contribution in [0, 0.1) is 11.3 Å². The molecule has 1 aromatic carbocycles. The second-order valence-electron chi connectivity index (χ2n) is 5.60. The van der Waals surface area contributed by atoms with Crippen molar-refractivity contribution < 1.29 is 4.74 Å². The summed E-state index contributed by atoms with van der Waals surface area (Å²) in [5.41, 5.74) is 1.21. The molecule has 120 valence electrons. The van der Waals surface area contributed by atoms with Crippen molar-refractivity contribution in [3.8, 4) is 17.5 Å². The summed E-state index contributed by atoms with van der Waals surface area (Å²) in [5, 5.41) is 18.3. The number of nitrogens with zero attached hydrogens (tertiary/aromatic N) is 5. The van der Waals surface area contributed by atoms with Gasteiger partial charge in [0, 0.05) is 13.1 Å². The lowest BCUT2D eigenvalue weighted by molar-refractivity contribution is 0.340. The van der Waals surface area contributed by atoms with Crippen LogP contribution in [0.5, 0.6) is 5.75 Å². The van der Waals surface area contributed by atoms with Crippen molar-refractivity contribution in [3.05, 3.63) is 30.0 Å². The molecule has 3 rings (SSSR count). The summed E-state index contributed by atoms with van der Waals surface area (Å²) in [4.78, 5) is 3.72. The van der Waals surface area contributed by atoms with E-state index >= 15 is 0 Å². The van der Waals surface area contributed by atoms with E-state index in [0.717, 1.165) is 37.4 Å². The first kappa shape index (κ1) is 15.3. The smallest absolute Gasteiger partial charge is 0.207 e. The molecule has 23 heavy (non-hydrogen) atoms. The van der Waals surface area contributed by atoms with Gasteiger partial charge in [0.25, 0.3) is 0 Å². The maximum atomic E-state index is 9.38. The molecule has 6 heteroatoms. The Labute approximate surface area is 136 Å². The van der Waals surface area contributed by atoms with E-state index in [-0.39, 0.29) is 0 Å². The van der Waals surface area contributed by atoms with Crippen LogP contribution in [0.1, 0.15) is 38.3 Å². The Morgan fingerprint density at radius 3 is 2.39 bits per heavy atom. The third-order valence-corrected chi connectivity index (χ3v) is 3.99. The molecule has 1 aliphatic rings. The largest absolute Gasteiger partial charge is 0.494 e. The number of nitriles is 1. The molecule has 1 aromatic heterocycles. The fourth-order valence-corrected chi connectivity index (χ4v) is 2.82. The number of hydrogen-bond donors (Lipinski definition) is 0. The maximum Gasteiger partial charge on any atom is 0.207 e. The Balaban J connectivity index is 1.87. The van der Waals surface area contributed by atoms with E-state index < -0.39 is 0 Å². The van der Waals surface area contributed by atoms with Gasteiger partial charge in [-0.2, -0.15) is 5.26 Å².